The first-order chi connectivity index (χ1) is 30.5. The number of rotatable bonds is 5. The smallest absolute Gasteiger partial charge is 0.0714 e. The molecule has 0 heterocycles. The molecule has 11 rings (SSSR count). The Kier molecular flexibility index (Phi) is 8.69. The van der Waals surface area contributed by atoms with Crippen LogP contribution in [0, 0.1) is 0 Å². The molecule has 0 N–H and O–H groups in total. The molecular weight excluding hydrogens is 771 g/mol. The summed E-state index contributed by atoms with van der Waals surface area (Å²) in [6, 6.07) is 67.2. The normalized spacial score (nSPS) is 15.7. The molecule has 0 saturated heterocycles. The fourth-order valence-corrected chi connectivity index (χ4v) is 12.0. The molecule has 0 amide bonds. The highest BCUT2D eigenvalue weighted by Crippen LogP contribution is 2.61. The van der Waals surface area contributed by atoms with Crippen LogP contribution in [0.3, 0.4) is 0 Å². The molecule has 0 aromatic heterocycles. The molecular formula is C63H59N. The molecule has 3 aliphatic carbocycles. The third-order valence-electron chi connectivity index (χ3n) is 15.2. The summed E-state index contributed by atoms with van der Waals surface area (Å²) < 4.78 is 0. The van der Waals surface area contributed by atoms with Crippen LogP contribution in [0.5, 0.6) is 0 Å². The largest absolute Gasteiger partial charge is 0.310 e. The van der Waals surface area contributed by atoms with Gasteiger partial charge in [-0.2, -0.15) is 0 Å². The van der Waals surface area contributed by atoms with Gasteiger partial charge in [-0.1, -0.05) is 215 Å². The van der Waals surface area contributed by atoms with Crippen molar-refractivity contribution < 1.29 is 0 Å². The van der Waals surface area contributed by atoms with Crippen LogP contribution < -0.4 is 4.90 Å². The summed E-state index contributed by atoms with van der Waals surface area (Å²) in [6.45, 7) is 23.9. The van der Waals surface area contributed by atoms with Crippen LogP contribution in [-0.2, 0) is 27.1 Å². The quantitative estimate of drug-likeness (QED) is 0.167. The Balaban J connectivity index is 1.20. The zero-order valence-electron chi connectivity index (χ0n) is 39.2. The van der Waals surface area contributed by atoms with Gasteiger partial charge in [0.1, 0.15) is 0 Å². The molecule has 316 valence electrons. The number of benzene rings is 8. The lowest BCUT2D eigenvalue weighted by Gasteiger charge is -2.35. The van der Waals surface area contributed by atoms with Gasteiger partial charge in [0.15, 0.2) is 0 Å². The zero-order valence-corrected chi connectivity index (χ0v) is 39.2. The van der Waals surface area contributed by atoms with Crippen LogP contribution in [0.25, 0.3) is 33.4 Å². The van der Waals surface area contributed by atoms with E-state index in [-0.39, 0.29) is 21.7 Å². The number of hydrogen-bond acceptors (Lipinski definition) is 1. The van der Waals surface area contributed by atoms with E-state index in [1.54, 1.807) is 0 Å². The summed E-state index contributed by atoms with van der Waals surface area (Å²) in [4.78, 5) is 2.59. The van der Waals surface area contributed by atoms with E-state index in [1.165, 1.54) is 106 Å². The SMILES string of the molecule is CC(C)(C)c1cc2c(c(C(C)(C)C)c1)C(C)(C)c1cc(N(c3ccc4c(c3)C(C)(C)c3ccccc3-4)c3cccc4c3-c3ccccc3C4(c3ccccc3)c3ccccc3)ccc1-2. The highest BCUT2D eigenvalue weighted by atomic mass is 15.1. The number of nitrogens with zero attached hydrogens (tertiary/aromatic N) is 1. The lowest BCUT2D eigenvalue weighted by molar-refractivity contribution is 0.545. The summed E-state index contributed by atoms with van der Waals surface area (Å²) >= 11 is 0. The maximum atomic E-state index is 2.59. The van der Waals surface area contributed by atoms with Gasteiger partial charge in [0, 0.05) is 27.8 Å². The van der Waals surface area contributed by atoms with E-state index in [2.05, 4.69) is 250 Å². The third kappa shape index (κ3) is 5.62. The lowest BCUT2D eigenvalue weighted by atomic mass is 9.68. The highest BCUT2D eigenvalue weighted by Gasteiger charge is 2.48. The fraction of sp³-hybridized carbons (Fsp3) is 0.238. The third-order valence-corrected chi connectivity index (χ3v) is 15.2. The molecule has 8 aromatic rings. The molecule has 0 radical (unpaired) electrons. The van der Waals surface area contributed by atoms with Crippen molar-refractivity contribution in [3.8, 4) is 33.4 Å². The Bertz CT molecular complexity index is 3130. The number of anilines is 3. The average Bonchev–Trinajstić information content (AvgIpc) is 3.81. The molecule has 0 unspecified atom stereocenters. The second kappa shape index (κ2) is 13.8. The Morgan fingerprint density at radius 3 is 1.47 bits per heavy atom. The van der Waals surface area contributed by atoms with Crippen molar-refractivity contribution in [2.75, 3.05) is 4.90 Å². The van der Waals surface area contributed by atoms with Gasteiger partial charge < -0.3 is 4.90 Å². The minimum atomic E-state index is -0.507. The van der Waals surface area contributed by atoms with E-state index in [4.69, 9.17) is 0 Å². The van der Waals surface area contributed by atoms with Gasteiger partial charge in [-0.25, -0.2) is 0 Å². The van der Waals surface area contributed by atoms with E-state index in [0.717, 1.165) is 0 Å². The molecule has 3 aliphatic rings. The molecule has 0 fully saturated rings. The van der Waals surface area contributed by atoms with E-state index >= 15 is 0 Å². The topological polar surface area (TPSA) is 3.24 Å². The van der Waals surface area contributed by atoms with Gasteiger partial charge in [-0.05, 0) is 125 Å². The summed E-state index contributed by atoms with van der Waals surface area (Å²) in [5.41, 5.74) is 24.2. The first kappa shape index (κ1) is 40.3. The molecule has 0 aliphatic heterocycles. The van der Waals surface area contributed by atoms with Crippen molar-refractivity contribution in [3.63, 3.8) is 0 Å². The first-order valence-electron chi connectivity index (χ1n) is 23.3. The van der Waals surface area contributed by atoms with Gasteiger partial charge in [-0.15, -0.1) is 0 Å². The van der Waals surface area contributed by atoms with Crippen LogP contribution in [0.4, 0.5) is 17.1 Å². The minimum absolute atomic E-state index is 0.0176. The molecule has 1 nitrogen and oxygen atoms in total. The van der Waals surface area contributed by atoms with E-state index in [9.17, 15) is 0 Å². The molecule has 64 heavy (non-hydrogen) atoms. The maximum absolute atomic E-state index is 2.59. The van der Waals surface area contributed by atoms with E-state index < -0.39 is 5.41 Å². The second-order valence-electron chi connectivity index (χ2n) is 21.8. The molecule has 0 spiro atoms. The Hall–Kier alpha value is -6.44. The minimum Gasteiger partial charge on any atom is -0.310 e. The first-order valence-corrected chi connectivity index (χ1v) is 23.3. The lowest BCUT2D eigenvalue weighted by Crippen LogP contribution is -2.28. The number of fused-ring (bicyclic) bond motifs is 9. The van der Waals surface area contributed by atoms with Crippen LogP contribution in [0.1, 0.15) is 125 Å². The molecule has 0 atom stereocenters. The summed E-state index contributed by atoms with van der Waals surface area (Å²) in [7, 11) is 0. The van der Waals surface area contributed by atoms with Crippen LogP contribution >= 0.6 is 0 Å². The monoisotopic (exact) mass is 829 g/mol. The number of hydrogen-bond donors (Lipinski definition) is 0. The summed E-state index contributed by atoms with van der Waals surface area (Å²) in [5, 5.41) is 0. The van der Waals surface area contributed by atoms with Crippen molar-refractivity contribution >= 4 is 17.1 Å². The van der Waals surface area contributed by atoms with Crippen LogP contribution in [0.15, 0.2) is 176 Å². The molecule has 1 heteroatoms. The predicted octanol–water partition coefficient (Wildman–Crippen LogP) is 16.7. The van der Waals surface area contributed by atoms with Gasteiger partial charge in [0.25, 0.3) is 0 Å². The van der Waals surface area contributed by atoms with Crippen molar-refractivity contribution in [1.29, 1.82) is 0 Å². The van der Waals surface area contributed by atoms with Gasteiger partial charge in [0.2, 0.25) is 0 Å². The Labute approximate surface area is 381 Å². The fourth-order valence-electron chi connectivity index (χ4n) is 12.0. The van der Waals surface area contributed by atoms with E-state index in [0.29, 0.717) is 0 Å². The molecule has 0 bridgehead atoms. The van der Waals surface area contributed by atoms with Gasteiger partial charge in [0.05, 0.1) is 11.1 Å². The summed E-state index contributed by atoms with van der Waals surface area (Å²) in [6.07, 6.45) is 0. The van der Waals surface area contributed by atoms with Crippen molar-refractivity contribution in [1.82, 2.24) is 0 Å². The average molecular weight is 830 g/mol. The Morgan fingerprint density at radius 2 is 0.875 bits per heavy atom. The van der Waals surface area contributed by atoms with Crippen LogP contribution in [0.2, 0.25) is 0 Å². The van der Waals surface area contributed by atoms with Gasteiger partial charge >= 0.3 is 0 Å². The maximum Gasteiger partial charge on any atom is 0.0714 e. The van der Waals surface area contributed by atoms with E-state index in [1.807, 2.05) is 0 Å². The summed E-state index contributed by atoms with van der Waals surface area (Å²) in [5.74, 6) is 0. The predicted molar refractivity (Wildman–Crippen MR) is 271 cm³/mol. The standard InChI is InChI=1S/C63H59N/c1-59(2,3)42-36-49-47-35-33-44(39-54(47)62(9,10)58(49)55(37-42)60(4,5)6)64(43-32-34-46-45-26-17-19-28-50(45)61(7,8)53(46)38-43)56-31-21-30-52-57(56)48-27-18-20-29-51(48)63(52,40-22-13-11-14-23-40)41-24-15-12-16-25-41/h11-39H,1-10H3. The van der Waals surface area contributed by atoms with Crippen molar-refractivity contribution in [2.45, 2.75) is 96.3 Å². The van der Waals surface area contributed by atoms with Crippen molar-refractivity contribution in [3.05, 3.63) is 232 Å². The highest BCUT2D eigenvalue weighted by molar-refractivity contribution is 5.99. The van der Waals surface area contributed by atoms with Crippen molar-refractivity contribution in [2.24, 2.45) is 0 Å². The molecule has 0 saturated carbocycles. The second-order valence-corrected chi connectivity index (χ2v) is 21.8. The van der Waals surface area contributed by atoms with Gasteiger partial charge in [-0.3, -0.25) is 0 Å². The Morgan fingerprint density at radius 1 is 0.375 bits per heavy atom. The van der Waals surface area contributed by atoms with Crippen LogP contribution in [-0.4, -0.2) is 0 Å². The molecule has 8 aromatic carbocycles. The zero-order chi connectivity index (χ0) is 44.6.